The zero-order valence-corrected chi connectivity index (χ0v) is 10.9. The Labute approximate surface area is 106 Å². The summed E-state index contributed by atoms with van der Waals surface area (Å²) in [4.78, 5) is 11.1. The molecule has 1 amide bonds. The van der Waals surface area contributed by atoms with Crippen molar-refractivity contribution < 1.29 is 18.8 Å². The lowest BCUT2D eigenvalue weighted by Crippen LogP contribution is -2.30. The second-order valence-corrected chi connectivity index (χ2v) is 4.42. The second kappa shape index (κ2) is 6.48. The number of ether oxygens (including phenoxy) is 2. The SMILES string of the molecule is COC(C)(C)CCOCc1cc(C(=O)NN)no1. The Morgan fingerprint density at radius 3 is 2.94 bits per heavy atom. The molecule has 102 valence electrons. The molecular weight excluding hydrogens is 238 g/mol. The van der Waals surface area contributed by atoms with Crippen LogP contribution in [0.2, 0.25) is 0 Å². The fraction of sp³-hybridized carbons (Fsp3) is 0.636. The average molecular weight is 257 g/mol. The van der Waals surface area contributed by atoms with Gasteiger partial charge in [-0.25, -0.2) is 5.84 Å². The van der Waals surface area contributed by atoms with E-state index in [0.717, 1.165) is 6.42 Å². The molecule has 7 nitrogen and oxygen atoms in total. The van der Waals surface area contributed by atoms with E-state index < -0.39 is 5.91 Å². The minimum Gasteiger partial charge on any atom is -0.379 e. The molecule has 0 unspecified atom stereocenters. The monoisotopic (exact) mass is 257 g/mol. The minimum atomic E-state index is -0.495. The van der Waals surface area contributed by atoms with Crippen molar-refractivity contribution in [2.75, 3.05) is 13.7 Å². The number of nitrogens with two attached hydrogens (primary N) is 1. The molecule has 0 fully saturated rings. The number of carbonyl (C=O) groups excluding carboxylic acids is 1. The van der Waals surface area contributed by atoms with Gasteiger partial charge in [0.15, 0.2) is 11.5 Å². The number of hydrogen-bond acceptors (Lipinski definition) is 6. The molecule has 0 spiro atoms. The minimum absolute atomic E-state index is 0.133. The number of methoxy groups -OCH3 is 1. The number of nitrogens with one attached hydrogen (secondary N) is 1. The van der Waals surface area contributed by atoms with Crippen molar-refractivity contribution >= 4 is 5.91 Å². The third kappa shape index (κ3) is 4.44. The van der Waals surface area contributed by atoms with Crippen molar-refractivity contribution in [3.63, 3.8) is 0 Å². The molecule has 1 rings (SSSR count). The van der Waals surface area contributed by atoms with Gasteiger partial charge >= 0.3 is 0 Å². The zero-order chi connectivity index (χ0) is 13.6. The fourth-order valence-electron chi connectivity index (χ4n) is 1.15. The number of hydrazine groups is 1. The van der Waals surface area contributed by atoms with Gasteiger partial charge in [0.05, 0.1) is 5.60 Å². The van der Waals surface area contributed by atoms with Crippen molar-refractivity contribution in [3.05, 3.63) is 17.5 Å². The third-order valence-corrected chi connectivity index (χ3v) is 2.57. The Kier molecular flexibility index (Phi) is 5.26. The summed E-state index contributed by atoms with van der Waals surface area (Å²) in [5.74, 6) is 4.95. The van der Waals surface area contributed by atoms with E-state index in [-0.39, 0.29) is 17.9 Å². The van der Waals surface area contributed by atoms with Gasteiger partial charge in [-0.3, -0.25) is 10.2 Å². The highest BCUT2D eigenvalue weighted by Crippen LogP contribution is 2.13. The van der Waals surface area contributed by atoms with Crippen molar-refractivity contribution in [2.45, 2.75) is 32.5 Å². The van der Waals surface area contributed by atoms with Crippen LogP contribution >= 0.6 is 0 Å². The fourth-order valence-corrected chi connectivity index (χ4v) is 1.15. The Morgan fingerprint density at radius 2 is 2.33 bits per heavy atom. The van der Waals surface area contributed by atoms with Crippen LogP contribution in [0.3, 0.4) is 0 Å². The lowest BCUT2D eigenvalue weighted by Gasteiger charge is -2.22. The molecule has 0 bridgehead atoms. The van der Waals surface area contributed by atoms with Gasteiger partial charge in [-0.15, -0.1) is 0 Å². The predicted octanol–water partition coefficient (Wildman–Crippen LogP) is 0.610. The maximum absolute atomic E-state index is 11.1. The van der Waals surface area contributed by atoms with E-state index in [1.165, 1.54) is 6.07 Å². The molecule has 1 aromatic heterocycles. The summed E-state index contributed by atoms with van der Waals surface area (Å²) in [5, 5.41) is 3.56. The largest absolute Gasteiger partial charge is 0.379 e. The molecule has 1 heterocycles. The molecular formula is C11H19N3O4. The van der Waals surface area contributed by atoms with Crippen LogP contribution in [0.4, 0.5) is 0 Å². The highest BCUT2D eigenvalue weighted by atomic mass is 16.5. The molecule has 0 aliphatic rings. The first kappa shape index (κ1) is 14.6. The number of aromatic nitrogens is 1. The molecule has 0 saturated heterocycles. The maximum Gasteiger partial charge on any atom is 0.287 e. The van der Waals surface area contributed by atoms with Crippen molar-refractivity contribution in [3.8, 4) is 0 Å². The summed E-state index contributed by atoms with van der Waals surface area (Å²) in [5.41, 5.74) is 1.89. The standard InChI is InChI=1S/C11H19N3O4/c1-11(2,16-3)4-5-17-7-8-6-9(14-18-8)10(15)13-12/h6H,4-5,7,12H2,1-3H3,(H,13,15). The van der Waals surface area contributed by atoms with Gasteiger partial charge < -0.3 is 14.0 Å². The zero-order valence-electron chi connectivity index (χ0n) is 10.9. The quantitative estimate of drug-likeness (QED) is 0.321. The van der Waals surface area contributed by atoms with Gasteiger partial charge in [-0.05, 0) is 20.3 Å². The molecule has 0 aliphatic carbocycles. The van der Waals surface area contributed by atoms with E-state index in [1.807, 2.05) is 19.3 Å². The molecule has 0 saturated carbocycles. The van der Waals surface area contributed by atoms with Crippen molar-refractivity contribution in [1.29, 1.82) is 0 Å². The molecule has 18 heavy (non-hydrogen) atoms. The maximum atomic E-state index is 11.1. The first-order valence-corrected chi connectivity index (χ1v) is 5.58. The Balaban J connectivity index is 2.32. The van der Waals surface area contributed by atoms with E-state index >= 15 is 0 Å². The first-order chi connectivity index (χ1) is 8.48. The lowest BCUT2D eigenvalue weighted by atomic mass is 10.1. The Bertz CT molecular complexity index is 389. The van der Waals surface area contributed by atoms with Gasteiger partial charge in [0, 0.05) is 19.8 Å². The summed E-state index contributed by atoms with van der Waals surface area (Å²) in [7, 11) is 1.66. The number of nitrogen functional groups attached to an aromatic ring is 1. The first-order valence-electron chi connectivity index (χ1n) is 5.58. The summed E-state index contributed by atoms with van der Waals surface area (Å²) in [6.07, 6.45) is 0.758. The van der Waals surface area contributed by atoms with Crippen LogP contribution in [-0.4, -0.2) is 30.4 Å². The van der Waals surface area contributed by atoms with Crippen LogP contribution in [0, 0.1) is 0 Å². The summed E-state index contributed by atoms with van der Waals surface area (Å²) >= 11 is 0. The number of amides is 1. The number of rotatable bonds is 7. The van der Waals surface area contributed by atoms with E-state index in [0.29, 0.717) is 12.4 Å². The molecule has 0 aromatic carbocycles. The van der Waals surface area contributed by atoms with Gasteiger partial charge in [0.1, 0.15) is 6.61 Å². The molecule has 0 atom stereocenters. The molecule has 7 heteroatoms. The molecule has 1 aromatic rings. The summed E-state index contributed by atoms with van der Waals surface area (Å²) < 4.78 is 15.6. The Morgan fingerprint density at radius 1 is 1.61 bits per heavy atom. The molecule has 0 radical (unpaired) electrons. The third-order valence-electron chi connectivity index (χ3n) is 2.57. The van der Waals surface area contributed by atoms with Gasteiger partial charge in [-0.2, -0.15) is 0 Å². The Hall–Kier alpha value is -1.44. The summed E-state index contributed by atoms with van der Waals surface area (Å²) in [6.45, 7) is 4.74. The lowest BCUT2D eigenvalue weighted by molar-refractivity contribution is -0.0148. The number of nitrogens with zero attached hydrogens (tertiary/aromatic N) is 1. The van der Waals surface area contributed by atoms with Crippen LogP contribution in [0.1, 0.15) is 36.5 Å². The van der Waals surface area contributed by atoms with Crippen LogP contribution in [-0.2, 0) is 16.1 Å². The smallest absolute Gasteiger partial charge is 0.287 e. The van der Waals surface area contributed by atoms with Gasteiger partial charge in [0.2, 0.25) is 0 Å². The second-order valence-electron chi connectivity index (χ2n) is 4.42. The highest BCUT2D eigenvalue weighted by molar-refractivity contribution is 5.91. The topological polar surface area (TPSA) is 99.6 Å². The molecule has 0 aliphatic heterocycles. The van der Waals surface area contributed by atoms with E-state index in [9.17, 15) is 4.79 Å². The predicted molar refractivity (Wildman–Crippen MR) is 63.5 cm³/mol. The average Bonchev–Trinajstić information content (AvgIpc) is 2.82. The van der Waals surface area contributed by atoms with Gasteiger partial charge in [-0.1, -0.05) is 5.16 Å². The number of carbonyl (C=O) groups is 1. The van der Waals surface area contributed by atoms with Gasteiger partial charge in [0.25, 0.3) is 5.91 Å². The highest BCUT2D eigenvalue weighted by Gasteiger charge is 2.16. The van der Waals surface area contributed by atoms with E-state index in [1.54, 1.807) is 7.11 Å². The van der Waals surface area contributed by atoms with Crippen molar-refractivity contribution in [1.82, 2.24) is 10.6 Å². The number of hydrogen-bond donors (Lipinski definition) is 2. The van der Waals surface area contributed by atoms with Crippen LogP contribution in [0.5, 0.6) is 0 Å². The van der Waals surface area contributed by atoms with Crippen LogP contribution in [0.25, 0.3) is 0 Å². The van der Waals surface area contributed by atoms with E-state index in [2.05, 4.69) is 5.16 Å². The molecule has 3 N–H and O–H groups in total. The van der Waals surface area contributed by atoms with Crippen LogP contribution < -0.4 is 11.3 Å². The van der Waals surface area contributed by atoms with Crippen molar-refractivity contribution in [2.24, 2.45) is 5.84 Å². The normalized spacial score (nSPS) is 11.6. The van der Waals surface area contributed by atoms with Crippen LogP contribution in [0.15, 0.2) is 10.6 Å². The summed E-state index contributed by atoms with van der Waals surface area (Å²) in [6, 6.07) is 1.49. The van der Waals surface area contributed by atoms with E-state index in [4.69, 9.17) is 19.8 Å².